The lowest BCUT2D eigenvalue weighted by Crippen LogP contribution is -2.45. The quantitative estimate of drug-likeness (QED) is 0.376. The minimum absolute atomic E-state index is 0.135. The van der Waals surface area contributed by atoms with E-state index in [9.17, 15) is 49.5 Å². The lowest BCUT2D eigenvalue weighted by Gasteiger charge is -2.36. The summed E-state index contributed by atoms with van der Waals surface area (Å²) >= 11 is 0. The van der Waals surface area contributed by atoms with Gasteiger partial charge >= 0.3 is 24.4 Å². The molecule has 0 radical (unpaired) electrons. The van der Waals surface area contributed by atoms with Gasteiger partial charge in [0, 0.05) is 11.9 Å². The minimum Gasteiger partial charge on any atom is -0.486 e. The zero-order valence-corrected chi connectivity index (χ0v) is 22.5. The predicted molar refractivity (Wildman–Crippen MR) is 131 cm³/mol. The van der Waals surface area contributed by atoms with Crippen molar-refractivity contribution in [3.63, 3.8) is 0 Å². The maximum Gasteiger partial charge on any atom is 0.433 e. The molecule has 2 aromatic rings. The number of aliphatic carboxylic acids is 1. The number of fused-ring (bicyclic) bond motifs is 1. The molecule has 3 rings (SSSR count). The molecule has 1 aromatic heterocycles. The van der Waals surface area contributed by atoms with E-state index in [-0.39, 0.29) is 30.0 Å². The van der Waals surface area contributed by atoms with E-state index in [0.717, 1.165) is 18.2 Å². The Hall–Kier alpha value is -3.76. The number of rotatable bonds is 8. The zero-order valence-electron chi connectivity index (χ0n) is 21.7. The molecule has 41 heavy (non-hydrogen) atoms. The van der Waals surface area contributed by atoms with Gasteiger partial charge in [0.25, 0.3) is 10.0 Å². The first-order valence-corrected chi connectivity index (χ1v) is 13.4. The molecule has 2 N–H and O–H groups in total. The third-order valence-electron chi connectivity index (χ3n) is 6.17. The van der Waals surface area contributed by atoms with Gasteiger partial charge in [-0.05, 0) is 57.0 Å². The molecule has 226 valence electrons. The number of pyridine rings is 1. The summed E-state index contributed by atoms with van der Waals surface area (Å²) < 4.78 is 117. The van der Waals surface area contributed by atoms with Crippen molar-refractivity contribution in [3.05, 3.63) is 42.2 Å². The number of anilines is 2. The standard InChI is InChI=1S/C24H25F6N3O7S/c1-4-13(20(34)35)9-15-12-33(41(37,38)16-7-8-31-19(11-16)23(25,26)27)17-10-14(5-6-18(17)39-15)32-21(36)40-22(2,3)24(28,29)30/h5-8,10-11,13,15H,4,9,12H2,1-3H3,(H,32,36)(H,34,35)/t13-,15+/m1/s1. The third kappa shape index (κ3) is 7.12. The second-order valence-electron chi connectivity index (χ2n) is 9.53. The number of amides is 1. The van der Waals surface area contributed by atoms with E-state index in [1.165, 1.54) is 6.07 Å². The van der Waals surface area contributed by atoms with Crippen LogP contribution in [-0.4, -0.2) is 55.0 Å². The van der Waals surface area contributed by atoms with Crippen LogP contribution in [0.2, 0.25) is 0 Å². The van der Waals surface area contributed by atoms with Gasteiger partial charge in [0.1, 0.15) is 17.5 Å². The number of ether oxygens (including phenoxy) is 2. The Bertz CT molecular complexity index is 1410. The topological polar surface area (TPSA) is 135 Å². The van der Waals surface area contributed by atoms with Crippen molar-refractivity contribution in [2.24, 2.45) is 5.92 Å². The van der Waals surface area contributed by atoms with Crippen LogP contribution in [0, 0.1) is 5.92 Å². The predicted octanol–water partition coefficient (Wildman–Crippen LogP) is 5.45. The molecule has 0 unspecified atom stereocenters. The molecule has 0 bridgehead atoms. The number of nitrogens with one attached hydrogen (secondary N) is 1. The molecule has 0 saturated carbocycles. The van der Waals surface area contributed by atoms with Crippen molar-refractivity contribution in [1.29, 1.82) is 0 Å². The number of carbonyl (C=O) groups excluding carboxylic acids is 1. The van der Waals surface area contributed by atoms with Gasteiger partial charge in [0.05, 0.1) is 23.0 Å². The van der Waals surface area contributed by atoms with Crippen molar-refractivity contribution in [1.82, 2.24) is 4.98 Å². The summed E-state index contributed by atoms with van der Waals surface area (Å²) in [4.78, 5) is 26.1. The fourth-order valence-electron chi connectivity index (χ4n) is 3.79. The Morgan fingerprint density at radius 1 is 1.17 bits per heavy atom. The highest BCUT2D eigenvalue weighted by atomic mass is 32.2. The minimum atomic E-state index is -4.96. The van der Waals surface area contributed by atoms with Crippen LogP contribution >= 0.6 is 0 Å². The fourth-order valence-corrected chi connectivity index (χ4v) is 5.30. The Labute approximate surface area is 230 Å². The molecule has 0 fully saturated rings. The summed E-state index contributed by atoms with van der Waals surface area (Å²) in [5.41, 5.74) is -4.85. The van der Waals surface area contributed by atoms with Crippen LogP contribution in [-0.2, 0) is 25.7 Å². The Kier molecular flexibility index (Phi) is 8.72. The van der Waals surface area contributed by atoms with E-state index in [0.29, 0.717) is 30.4 Å². The summed E-state index contributed by atoms with van der Waals surface area (Å²) in [6.07, 6.45) is -11.8. The molecule has 10 nitrogen and oxygen atoms in total. The number of carboxylic acids is 1. The number of carbonyl (C=O) groups is 2. The molecule has 1 amide bonds. The van der Waals surface area contributed by atoms with E-state index in [2.05, 4.69) is 15.0 Å². The third-order valence-corrected chi connectivity index (χ3v) is 7.94. The highest BCUT2D eigenvalue weighted by Gasteiger charge is 2.51. The lowest BCUT2D eigenvalue weighted by atomic mass is 9.98. The van der Waals surface area contributed by atoms with Crippen molar-refractivity contribution >= 4 is 33.5 Å². The summed E-state index contributed by atoms with van der Waals surface area (Å²) in [5, 5.41) is 11.5. The van der Waals surface area contributed by atoms with Gasteiger partial charge in [0.2, 0.25) is 5.60 Å². The van der Waals surface area contributed by atoms with Gasteiger partial charge < -0.3 is 14.6 Å². The highest BCUT2D eigenvalue weighted by molar-refractivity contribution is 7.92. The second-order valence-corrected chi connectivity index (χ2v) is 11.4. The van der Waals surface area contributed by atoms with Crippen LogP contribution in [0.1, 0.15) is 39.3 Å². The first-order valence-electron chi connectivity index (χ1n) is 11.9. The molecule has 0 saturated heterocycles. The molecule has 2 heterocycles. The Morgan fingerprint density at radius 2 is 1.83 bits per heavy atom. The van der Waals surface area contributed by atoms with Crippen molar-refractivity contribution in [2.45, 2.75) is 62.6 Å². The van der Waals surface area contributed by atoms with Gasteiger partial charge in [0.15, 0.2) is 0 Å². The van der Waals surface area contributed by atoms with E-state index in [4.69, 9.17) is 4.74 Å². The van der Waals surface area contributed by atoms with E-state index >= 15 is 0 Å². The Morgan fingerprint density at radius 3 is 2.39 bits per heavy atom. The van der Waals surface area contributed by atoms with Crippen LogP contribution < -0.4 is 14.4 Å². The maximum atomic E-state index is 13.6. The van der Waals surface area contributed by atoms with E-state index in [1.807, 2.05) is 0 Å². The number of hydrogen-bond acceptors (Lipinski definition) is 7. The summed E-state index contributed by atoms with van der Waals surface area (Å²) in [7, 11) is -4.77. The van der Waals surface area contributed by atoms with Gasteiger partial charge in [-0.2, -0.15) is 26.3 Å². The average molecular weight is 614 g/mol. The normalized spacial score (nSPS) is 16.8. The molecule has 0 spiro atoms. The number of alkyl halides is 6. The second kappa shape index (κ2) is 11.3. The molecule has 0 aliphatic carbocycles. The van der Waals surface area contributed by atoms with Crippen molar-refractivity contribution in [3.8, 4) is 5.75 Å². The van der Waals surface area contributed by atoms with Gasteiger partial charge in [-0.25, -0.2) is 13.2 Å². The molecule has 1 aromatic carbocycles. The number of nitrogens with zero attached hydrogens (tertiary/aromatic N) is 2. The smallest absolute Gasteiger partial charge is 0.433 e. The van der Waals surface area contributed by atoms with E-state index in [1.54, 1.807) is 6.92 Å². The van der Waals surface area contributed by atoms with E-state index < -0.39 is 69.2 Å². The lowest BCUT2D eigenvalue weighted by molar-refractivity contribution is -0.242. The molecule has 2 atom stereocenters. The van der Waals surface area contributed by atoms with Crippen LogP contribution in [0.3, 0.4) is 0 Å². The molecule has 17 heteroatoms. The highest BCUT2D eigenvalue weighted by Crippen LogP contribution is 2.41. The van der Waals surface area contributed by atoms with Crippen LogP contribution in [0.4, 0.5) is 42.5 Å². The number of benzene rings is 1. The number of carboxylic acid groups (broad SMARTS) is 1. The fraction of sp³-hybridized carbons (Fsp3) is 0.458. The molecular weight excluding hydrogens is 588 g/mol. The first kappa shape index (κ1) is 31.8. The van der Waals surface area contributed by atoms with Crippen molar-refractivity contribution in [2.75, 3.05) is 16.2 Å². The molecule has 1 aliphatic rings. The number of sulfonamides is 1. The monoisotopic (exact) mass is 613 g/mol. The maximum absolute atomic E-state index is 13.6. The SMILES string of the molecule is CC[C@H](C[C@H]1CN(S(=O)(=O)c2ccnc(C(F)(F)F)c2)c2cc(NC(=O)OC(C)(C)C(F)(F)F)ccc2O1)C(=O)O. The molecular formula is C24H25F6N3O7S. The largest absolute Gasteiger partial charge is 0.486 e. The van der Waals surface area contributed by atoms with Crippen LogP contribution in [0.5, 0.6) is 5.75 Å². The zero-order chi connectivity index (χ0) is 31.0. The number of hydrogen-bond donors (Lipinski definition) is 2. The van der Waals surface area contributed by atoms with Gasteiger partial charge in [-0.1, -0.05) is 6.92 Å². The van der Waals surface area contributed by atoms with Crippen molar-refractivity contribution < 1.29 is 58.9 Å². The summed E-state index contributed by atoms with van der Waals surface area (Å²) in [6, 6.07) is 4.51. The number of aromatic nitrogens is 1. The van der Waals surface area contributed by atoms with Gasteiger partial charge in [-0.15, -0.1) is 0 Å². The Balaban J connectivity index is 2.03. The number of halogens is 6. The average Bonchev–Trinajstić information content (AvgIpc) is 2.85. The van der Waals surface area contributed by atoms with Crippen LogP contribution in [0.15, 0.2) is 41.4 Å². The summed E-state index contributed by atoms with van der Waals surface area (Å²) in [5.74, 6) is -2.23. The van der Waals surface area contributed by atoms with Gasteiger partial charge in [-0.3, -0.25) is 19.4 Å². The summed E-state index contributed by atoms with van der Waals surface area (Å²) in [6.45, 7) is 2.30. The molecule has 1 aliphatic heterocycles. The van der Waals surface area contributed by atoms with Crippen LogP contribution in [0.25, 0.3) is 0 Å². The first-order chi connectivity index (χ1) is 18.8.